The molecule has 42 heavy (non-hydrogen) atoms. The summed E-state index contributed by atoms with van der Waals surface area (Å²) in [7, 11) is -4.50. The normalized spacial score (nSPS) is 13.8. The smallest absolute Gasteiger partial charge is 0.342 e. The van der Waals surface area contributed by atoms with Gasteiger partial charge in [0.1, 0.15) is 16.4 Å². The van der Waals surface area contributed by atoms with Gasteiger partial charge in [-0.15, -0.1) is 11.3 Å². The highest BCUT2D eigenvalue weighted by atomic mass is 79.9. The van der Waals surface area contributed by atoms with E-state index in [1.165, 1.54) is 6.07 Å². The molecule has 2 N–H and O–H groups in total. The number of hydrogen-bond donors (Lipinski definition) is 2. The van der Waals surface area contributed by atoms with E-state index in [0.29, 0.717) is 23.1 Å². The quantitative estimate of drug-likeness (QED) is 0.138. The molecule has 1 fully saturated rings. The van der Waals surface area contributed by atoms with Crippen LogP contribution in [0.15, 0.2) is 70.0 Å². The second kappa shape index (κ2) is 12.0. The minimum absolute atomic E-state index is 0.0102. The summed E-state index contributed by atoms with van der Waals surface area (Å²) in [6.45, 7) is 3.96. The number of rotatable bonds is 9. The number of carbonyl (C=O) groups excluding carboxylic acids is 1. The summed E-state index contributed by atoms with van der Waals surface area (Å²) in [5.74, 6) is -2.04. The van der Waals surface area contributed by atoms with Crippen LogP contribution >= 0.6 is 27.3 Å². The monoisotopic (exact) mass is 668 g/mol. The number of hydrogen-bond acceptors (Lipinski definition) is 7. The van der Waals surface area contributed by atoms with E-state index in [2.05, 4.69) is 15.9 Å². The zero-order chi connectivity index (χ0) is 30.2. The first-order valence-electron chi connectivity index (χ1n) is 13.5. The van der Waals surface area contributed by atoms with Gasteiger partial charge in [0.2, 0.25) is 0 Å². The molecule has 5 rings (SSSR count). The van der Waals surface area contributed by atoms with Crippen LogP contribution in [0.25, 0.3) is 0 Å². The Kier molecular flexibility index (Phi) is 8.59. The van der Waals surface area contributed by atoms with Gasteiger partial charge in [0.15, 0.2) is 5.78 Å². The van der Waals surface area contributed by atoms with Crippen LogP contribution in [0.1, 0.15) is 84.3 Å². The summed E-state index contributed by atoms with van der Waals surface area (Å²) in [6, 6.07) is 15.7. The third-order valence-electron chi connectivity index (χ3n) is 7.74. The Morgan fingerprint density at radius 2 is 1.69 bits per heavy atom. The summed E-state index contributed by atoms with van der Waals surface area (Å²) in [4.78, 5) is 26.8. The molecular formula is C32H29BrO7S2. The number of thiophene rings is 1. The predicted octanol–water partition coefficient (Wildman–Crippen LogP) is 7.78. The van der Waals surface area contributed by atoms with Crippen LogP contribution in [0.2, 0.25) is 0 Å². The molecule has 1 heterocycles. The van der Waals surface area contributed by atoms with Gasteiger partial charge in [-0.1, -0.05) is 47.0 Å². The van der Waals surface area contributed by atoms with Gasteiger partial charge in [0.25, 0.3) is 0 Å². The highest BCUT2D eigenvalue weighted by Crippen LogP contribution is 2.41. The van der Waals surface area contributed by atoms with E-state index in [-0.39, 0.29) is 23.0 Å². The van der Waals surface area contributed by atoms with Crippen LogP contribution in [0.3, 0.4) is 0 Å². The molecule has 0 spiro atoms. The standard InChI is InChI=1S/C32H29BrO7S2/c1-18-19(2)41-28(17-21-9-5-6-10-25(21)33)30(18)31(35)22-11-13-27(24(15-22)20-7-3-4-8-20)40-42(38,39)29-14-12-23(32(36)37)16-26(29)34/h5-6,9-16,20,34H,3-4,7-8,17H2,1-2H3,(H,36,37). The number of phenolic OH excluding ortho intramolecular Hbond substituents is 1. The van der Waals surface area contributed by atoms with Crippen LogP contribution < -0.4 is 4.18 Å². The number of phenols is 1. The predicted molar refractivity (Wildman–Crippen MR) is 165 cm³/mol. The largest absolute Gasteiger partial charge is 0.506 e. The molecule has 10 heteroatoms. The van der Waals surface area contributed by atoms with Crippen LogP contribution in [-0.2, 0) is 16.5 Å². The van der Waals surface area contributed by atoms with Crippen molar-refractivity contribution in [3.05, 3.63) is 108 Å². The first-order valence-corrected chi connectivity index (χ1v) is 16.5. The molecule has 0 saturated heterocycles. The number of benzene rings is 3. The van der Waals surface area contributed by atoms with Gasteiger partial charge in [-0.2, -0.15) is 8.42 Å². The second-order valence-electron chi connectivity index (χ2n) is 10.4. The molecule has 0 aliphatic heterocycles. The lowest BCUT2D eigenvalue weighted by Gasteiger charge is -2.18. The molecule has 1 aromatic heterocycles. The third kappa shape index (κ3) is 6.02. The molecule has 4 aromatic rings. The van der Waals surface area contributed by atoms with Gasteiger partial charge < -0.3 is 14.4 Å². The molecule has 0 radical (unpaired) electrons. The fourth-order valence-electron chi connectivity index (χ4n) is 5.42. The SMILES string of the molecule is Cc1sc(Cc2ccccc2Br)c(C(=O)c2ccc(OS(=O)(=O)c3ccc(C(=O)O)cc3O)c(C3CCCC3)c2)c1C. The lowest BCUT2D eigenvalue weighted by Crippen LogP contribution is -2.13. The molecule has 0 amide bonds. The van der Waals surface area contributed by atoms with Gasteiger partial charge in [-0.05, 0) is 91.8 Å². The molecule has 0 atom stereocenters. The van der Waals surface area contributed by atoms with Crippen molar-refractivity contribution in [2.45, 2.75) is 56.8 Å². The maximum absolute atomic E-state index is 14.0. The third-order valence-corrected chi connectivity index (χ3v) is 11.0. The van der Waals surface area contributed by atoms with Crippen molar-refractivity contribution in [1.82, 2.24) is 0 Å². The number of aryl methyl sites for hydroxylation is 1. The maximum atomic E-state index is 14.0. The molecule has 7 nitrogen and oxygen atoms in total. The lowest BCUT2D eigenvalue weighted by molar-refractivity contribution is 0.0696. The van der Waals surface area contributed by atoms with E-state index in [9.17, 15) is 23.1 Å². The average molecular weight is 670 g/mol. The zero-order valence-corrected chi connectivity index (χ0v) is 26.2. The topological polar surface area (TPSA) is 118 Å². The molecular weight excluding hydrogens is 640 g/mol. The Balaban J connectivity index is 1.52. The van der Waals surface area contributed by atoms with Crippen molar-refractivity contribution in [1.29, 1.82) is 0 Å². The minimum atomic E-state index is -4.50. The first kappa shape index (κ1) is 30.0. The summed E-state index contributed by atoms with van der Waals surface area (Å²) in [5, 5.41) is 19.4. The first-order chi connectivity index (χ1) is 20.0. The Morgan fingerprint density at radius 3 is 2.36 bits per heavy atom. The van der Waals surface area contributed by atoms with Crippen molar-refractivity contribution in [2.24, 2.45) is 0 Å². The van der Waals surface area contributed by atoms with Crippen molar-refractivity contribution in [2.75, 3.05) is 0 Å². The molecule has 0 bridgehead atoms. The number of carboxylic acids is 1. The maximum Gasteiger partial charge on any atom is 0.342 e. The van der Waals surface area contributed by atoms with Crippen molar-refractivity contribution in [3.8, 4) is 11.5 Å². The van der Waals surface area contributed by atoms with E-state index >= 15 is 0 Å². The van der Waals surface area contributed by atoms with Gasteiger partial charge in [0.05, 0.1) is 5.56 Å². The zero-order valence-electron chi connectivity index (χ0n) is 23.0. The molecule has 218 valence electrons. The van der Waals surface area contributed by atoms with Crippen molar-refractivity contribution >= 4 is 49.1 Å². The minimum Gasteiger partial charge on any atom is -0.506 e. The number of carboxylic acid groups (broad SMARTS) is 1. The van der Waals surface area contributed by atoms with Crippen LogP contribution in [0.5, 0.6) is 11.5 Å². The lowest BCUT2D eigenvalue weighted by atomic mass is 9.91. The van der Waals surface area contributed by atoms with Crippen molar-refractivity contribution < 1.29 is 32.4 Å². The van der Waals surface area contributed by atoms with E-state index in [1.54, 1.807) is 23.5 Å². The van der Waals surface area contributed by atoms with Gasteiger partial charge in [-0.3, -0.25) is 4.79 Å². The number of ketones is 1. The fraction of sp³-hybridized carbons (Fsp3) is 0.250. The summed E-state index contributed by atoms with van der Waals surface area (Å²) in [5.41, 5.74) is 3.49. The summed E-state index contributed by atoms with van der Waals surface area (Å²) < 4.78 is 32.9. The van der Waals surface area contributed by atoms with E-state index in [0.717, 1.165) is 69.2 Å². The van der Waals surface area contributed by atoms with E-state index in [4.69, 9.17) is 9.29 Å². The number of aromatic carboxylic acids is 1. The van der Waals surface area contributed by atoms with Gasteiger partial charge in [0, 0.05) is 31.8 Å². The van der Waals surface area contributed by atoms with Crippen LogP contribution in [0, 0.1) is 13.8 Å². The summed E-state index contributed by atoms with van der Waals surface area (Å²) >= 11 is 5.21. The highest BCUT2D eigenvalue weighted by molar-refractivity contribution is 9.10. The molecule has 1 aliphatic rings. The van der Waals surface area contributed by atoms with E-state index in [1.807, 2.05) is 38.1 Å². The van der Waals surface area contributed by atoms with Gasteiger partial charge in [-0.25, -0.2) is 4.79 Å². The Morgan fingerprint density at radius 1 is 1.00 bits per heavy atom. The fourth-order valence-corrected chi connectivity index (χ4v) is 8.08. The summed E-state index contributed by atoms with van der Waals surface area (Å²) in [6.07, 6.45) is 4.21. The van der Waals surface area contributed by atoms with E-state index < -0.39 is 26.7 Å². The molecule has 0 unspecified atom stereocenters. The molecule has 3 aromatic carbocycles. The molecule has 1 saturated carbocycles. The highest BCUT2D eigenvalue weighted by Gasteiger charge is 2.29. The number of aromatic hydroxyl groups is 1. The van der Waals surface area contributed by atoms with Crippen LogP contribution in [-0.4, -0.2) is 30.4 Å². The Labute approximate surface area is 257 Å². The van der Waals surface area contributed by atoms with Gasteiger partial charge >= 0.3 is 16.1 Å². The second-order valence-corrected chi connectivity index (χ2v) is 14.1. The Bertz CT molecular complexity index is 1800. The number of carbonyl (C=O) groups is 2. The van der Waals surface area contributed by atoms with Crippen molar-refractivity contribution in [3.63, 3.8) is 0 Å². The number of halogens is 1. The van der Waals surface area contributed by atoms with Crippen LogP contribution in [0.4, 0.5) is 0 Å². The Hall–Kier alpha value is -3.47. The molecule has 1 aliphatic carbocycles. The average Bonchev–Trinajstić information content (AvgIpc) is 3.57.